The summed E-state index contributed by atoms with van der Waals surface area (Å²) in [7, 11) is 0. The van der Waals surface area contributed by atoms with Crippen LogP contribution in [0, 0.1) is 0 Å². The molecule has 6 nitrogen and oxygen atoms in total. The number of H-pyrrole nitrogens is 1. The van der Waals surface area contributed by atoms with E-state index in [9.17, 15) is 0 Å². The summed E-state index contributed by atoms with van der Waals surface area (Å²) in [4.78, 5) is 4.43. The second-order valence-corrected chi connectivity index (χ2v) is 4.36. The molecular formula is C13H14N6. The minimum atomic E-state index is 0.0396. The molecule has 19 heavy (non-hydrogen) atoms. The molecular weight excluding hydrogens is 240 g/mol. The van der Waals surface area contributed by atoms with Crippen molar-refractivity contribution in [2.24, 2.45) is 0 Å². The average molecular weight is 254 g/mol. The maximum Gasteiger partial charge on any atom is 0.191 e. The molecule has 0 saturated heterocycles. The normalized spacial score (nSPS) is 12.7. The fourth-order valence-corrected chi connectivity index (χ4v) is 2.02. The van der Waals surface area contributed by atoms with Crippen molar-refractivity contribution in [3.05, 3.63) is 47.9 Å². The first-order valence-corrected chi connectivity index (χ1v) is 6.14. The van der Waals surface area contributed by atoms with E-state index < -0.39 is 0 Å². The van der Waals surface area contributed by atoms with E-state index in [-0.39, 0.29) is 6.04 Å². The van der Waals surface area contributed by atoms with E-state index in [1.807, 2.05) is 25.3 Å². The number of nitrogens with zero attached hydrogens (tertiary/aromatic N) is 4. The predicted molar refractivity (Wildman–Crippen MR) is 71.2 cm³/mol. The van der Waals surface area contributed by atoms with E-state index in [0.717, 1.165) is 16.5 Å². The van der Waals surface area contributed by atoms with Crippen molar-refractivity contribution in [3.63, 3.8) is 0 Å². The predicted octanol–water partition coefficient (Wildman–Crippen LogP) is 1.60. The highest BCUT2D eigenvalue weighted by Gasteiger charge is 2.10. The van der Waals surface area contributed by atoms with Gasteiger partial charge in [-0.15, -0.1) is 10.2 Å². The van der Waals surface area contributed by atoms with Gasteiger partial charge in [0.25, 0.3) is 0 Å². The zero-order valence-corrected chi connectivity index (χ0v) is 10.5. The number of benzene rings is 1. The third-order valence-electron chi connectivity index (χ3n) is 3.06. The van der Waals surface area contributed by atoms with Gasteiger partial charge in [0.2, 0.25) is 0 Å². The summed E-state index contributed by atoms with van der Waals surface area (Å²) < 4.78 is 0. The van der Waals surface area contributed by atoms with Gasteiger partial charge in [-0.1, -0.05) is 29.5 Å². The molecule has 96 valence electrons. The second-order valence-electron chi connectivity index (χ2n) is 4.36. The van der Waals surface area contributed by atoms with E-state index in [4.69, 9.17) is 0 Å². The standard InChI is InChI=1S/C13H14N6/c1-9(13-16-18-19-17-13)15-8-11-5-2-4-10-6-3-7-14-12(10)11/h2-7,9,15H,8H2,1H3,(H,16,17,18,19). The minimum Gasteiger partial charge on any atom is -0.303 e. The number of tetrazole rings is 1. The van der Waals surface area contributed by atoms with Gasteiger partial charge in [-0.25, -0.2) is 0 Å². The number of aromatic amines is 1. The van der Waals surface area contributed by atoms with E-state index >= 15 is 0 Å². The molecule has 0 bridgehead atoms. The lowest BCUT2D eigenvalue weighted by molar-refractivity contribution is 0.548. The Balaban J connectivity index is 1.79. The van der Waals surface area contributed by atoms with Crippen LogP contribution in [0.1, 0.15) is 24.4 Å². The lowest BCUT2D eigenvalue weighted by Gasteiger charge is -2.11. The molecule has 2 aromatic heterocycles. The van der Waals surface area contributed by atoms with Crippen molar-refractivity contribution < 1.29 is 0 Å². The number of para-hydroxylation sites is 1. The molecule has 6 heteroatoms. The van der Waals surface area contributed by atoms with Gasteiger partial charge in [-0.05, 0) is 18.6 Å². The maximum atomic E-state index is 4.43. The molecule has 2 N–H and O–H groups in total. The molecule has 0 aliphatic heterocycles. The highest BCUT2D eigenvalue weighted by molar-refractivity contribution is 5.81. The topological polar surface area (TPSA) is 79.4 Å². The van der Waals surface area contributed by atoms with Crippen LogP contribution in [0.15, 0.2) is 36.5 Å². The van der Waals surface area contributed by atoms with Crippen molar-refractivity contribution in [2.45, 2.75) is 19.5 Å². The summed E-state index contributed by atoms with van der Waals surface area (Å²) in [5.41, 5.74) is 2.19. The van der Waals surface area contributed by atoms with Crippen molar-refractivity contribution in [1.82, 2.24) is 30.9 Å². The van der Waals surface area contributed by atoms with Gasteiger partial charge in [0, 0.05) is 18.1 Å². The van der Waals surface area contributed by atoms with Crippen LogP contribution in [0.2, 0.25) is 0 Å². The van der Waals surface area contributed by atoms with Crippen molar-refractivity contribution in [2.75, 3.05) is 0 Å². The SMILES string of the molecule is CC(NCc1cccc2cccnc12)c1nn[nH]n1. The van der Waals surface area contributed by atoms with Crippen LogP contribution < -0.4 is 5.32 Å². The summed E-state index contributed by atoms with van der Waals surface area (Å²) in [6.45, 7) is 2.72. The first kappa shape index (κ1) is 11.7. The quantitative estimate of drug-likeness (QED) is 0.739. The summed E-state index contributed by atoms with van der Waals surface area (Å²) in [6, 6.07) is 10.2. The molecule has 3 aromatic rings. The maximum absolute atomic E-state index is 4.43. The molecule has 0 radical (unpaired) electrons. The Hall–Kier alpha value is -2.34. The Kier molecular flexibility index (Phi) is 3.16. The molecule has 0 spiro atoms. The average Bonchev–Trinajstić information content (AvgIpc) is 2.99. The van der Waals surface area contributed by atoms with Gasteiger partial charge >= 0.3 is 0 Å². The molecule has 1 atom stereocenters. The Labute approximate surface area is 110 Å². The van der Waals surface area contributed by atoms with Crippen molar-refractivity contribution in [3.8, 4) is 0 Å². The number of nitrogens with one attached hydrogen (secondary N) is 2. The number of pyridine rings is 1. The molecule has 0 saturated carbocycles. The van der Waals surface area contributed by atoms with Gasteiger partial charge in [-0.3, -0.25) is 4.98 Å². The molecule has 3 rings (SSSR count). The molecule has 2 heterocycles. The summed E-state index contributed by atoms with van der Waals surface area (Å²) in [6.07, 6.45) is 1.81. The Morgan fingerprint density at radius 3 is 3.00 bits per heavy atom. The van der Waals surface area contributed by atoms with Crippen molar-refractivity contribution in [1.29, 1.82) is 0 Å². The molecule has 0 amide bonds. The lowest BCUT2D eigenvalue weighted by Crippen LogP contribution is -2.19. The fourth-order valence-electron chi connectivity index (χ4n) is 2.02. The number of aromatic nitrogens is 5. The smallest absolute Gasteiger partial charge is 0.191 e. The molecule has 0 aliphatic rings. The van der Waals surface area contributed by atoms with E-state index in [0.29, 0.717) is 12.4 Å². The number of hydrogen-bond acceptors (Lipinski definition) is 5. The number of rotatable bonds is 4. The number of hydrogen-bond donors (Lipinski definition) is 2. The van der Waals surface area contributed by atoms with Crippen LogP contribution in [0.25, 0.3) is 10.9 Å². The zero-order chi connectivity index (χ0) is 13.1. The third-order valence-corrected chi connectivity index (χ3v) is 3.06. The molecule has 1 unspecified atom stereocenters. The van der Waals surface area contributed by atoms with Crippen LogP contribution in [0.3, 0.4) is 0 Å². The fraction of sp³-hybridized carbons (Fsp3) is 0.231. The zero-order valence-electron chi connectivity index (χ0n) is 10.5. The van der Waals surface area contributed by atoms with Crippen LogP contribution in [-0.2, 0) is 6.54 Å². The van der Waals surface area contributed by atoms with Crippen LogP contribution in [0.4, 0.5) is 0 Å². The Morgan fingerprint density at radius 2 is 2.16 bits per heavy atom. The Morgan fingerprint density at radius 1 is 1.26 bits per heavy atom. The van der Waals surface area contributed by atoms with Gasteiger partial charge < -0.3 is 5.32 Å². The summed E-state index contributed by atoms with van der Waals surface area (Å²) >= 11 is 0. The van der Waals surface area contributed by atoms with Crippen LogP contribution in [0.5, 0.6) is 0 Å². The van der Waals surface area contributed by atoms with Gasteiger partial charge in [-0.2, -0.15) is 5.21 Å². The third kappa shape index (κ3) is 2.43. The highest BCUT2D eigenvalue weighted by atomic mass is 15.5. The van der Waals surface area contributed by atoms with E-state index in [1.54, 1.807) is 0 Å². The number of fused-ring (bicyclic) bond motifs is 1. The van der Waals surface area contributed by atoms with E-state index in [1.165, 1.54) is 0 Å². The van der Waals surface area contributed by atoms with Crippen LogP contribution in [-0.4, -0.2) is 25.6 Å². The van der Waals surface area contributed by atoms with Gasteiger partial charge in [0.05, 0.1) is 11.6 Å². The molecule has 1 aromatic carbocycles. The van der Waals surface area contributed by atoms with Crippen molar-refractivity contribution >= 4 is 10.9 Å². The first-order chi connectivity index (χ1) is 9.34. The second kappa shape index (κ2) is 5.11. The first-order valence-electron chi connectivity index (χ1n) is 6.14. The minimum absolute atomic E-state index is 0.0396. The summed E-state index contributed by atoms with van der Waals surface area (Å²) in [5, 5.41) is 18.5. The monoisotopic (exact) mass is 254 g/mol. The molecule has 0 aliphatic carbocycles. The lowest BCUT2D eigenvalue weighted by atomic mass is 10.1. The Bertz CT molecular complexity index is 658. The van der Waals surface area contributed by atoms with Crippen LogP contribution >= 0.6 is 0 Å². The molecule has 0 fully saturated rings. The van der Waals surface area contributed by atoms with E-state index in [2.05, 4.69) is 49.1 Å². The van der Waals surface area contributed by atoms with Gasteiger partial charge in [0.1, 0.15) is 0 Å². The summed E-state index contributed by atoms with van der Waals surface area (Å²) in [5.74, 6) is 0.660. The highest BCUT2D eigenvalue weighted by Crippen LogP contribution is 2.16. The van der Waals surface area contributed by atoms with Gasteiger partial charge in [0.15, 0.2) is 5.82 Å². The largest absolute Gasteiger partial charge is 0.303 e.